The van der Waals surface area contributed by atoms with Crippen molar-refractivity contribution in [3.05, 3.63) is 16.2 Å². The first-order valence-electron chi connectivity index (χ1n) is 6.41. The highest BCUT2D eigenvalue weighted by molar-refractivity contribution is 7.91. The van der Waals surface area contributed by atoms with E-state index in [-0.39, 0.29) is 21.4 Å². The molecule has 1 aromatic heterocycles. The number of likely N-dealkylation sites (tertiary alicyclic amines) is 1. The number of anilines is 1. The Morgan fingerprint density at radius 2 is 2.10 bits per heavy atom. The lowest BCUT2D eigenvalue weighted by atomic mass is 10.4. The highest BCUT2D eigenvalue weighted by Gasteiger charge is 2.25. The Morgan fingerprint density at radius 3 is 2.62 bits per heavy atom. The zero-order valence-electron chi connectivity index (χ0n) is 11.2. The van der Waals surface area contributed by atoms with Crippen molar-refractivity contribution >= 4 is 32.0 Å². The van der Waals surface area contributed by atoms with Gasteiger partial charge in [0.25, 0.3) is 0 Å². The molecule has 0 aliphatic carbocycles. The van der Waals surface area contributed by atoms with Gasteiger partial charge in [-0.3, -0.25) is 10.1 Å². The maximum Gasteiger partial charge on any atom is 0.306 e. The van der Waals surface area contributed by atoms with Crippen LogP contribution in [-0.2, 0) is 10.0 Å². The van der Waals surface area contributed by atoms with Crippen molar-refractivity contribution < 1.29 is 13.3 Å². The molecule has 9 nitrogen and oxygen atoms in total. The first-order valence-corrected chi connectivity index (χ1v) is 8.71. The molecule has 11 heteroatoms. The van der Waals surface area contributed by atoms with Crippen LogP contribution in [0.5, 0.6) is 0 Å². The van der Waals surface area contributed by atoms with Gasteiger partial charge >= 0.3 is 5.69 Å². The summed E-state index contributed by atoms with van der Waals surface area (Å²) in [6, 6.07) is 1.01. The number of nitrogens with zero attached hydrogens (tertiary/aromatic N) is 2. The summed E-state index contributed by atoms with van der Waals surface area (Å²) in [6.45, 7) is 2.87. The molecule has 2 heterocycles. The number of hydrogen-bond acceptors (Lipinski definition) is 8. The van der Waals surface area contributed by atoms with Crippen molar-refractivity contribution in [1.29, 1.82) is 0 Å². The van der Waals surface area contributed by atoms with Gasteiger partial charge in [-0.1, -0.05) is 11.3 Å². The van der Waals surface area contributed by atoms with E-state index in [2.05, 4.69) is 15.0 Å². The fourth-order valence-electron chi connectivity index (χ4n) is 2.15. The van der Waals surface area contributed by atoms with E-state index in [4.69, 9.17) is 5.84 Å². The number of hydrazine groups is 1. The van der Waals surface area contributed by atoms with Crippen LogP contribution in [-0.4, -0.2) is 44.4 Å². The second-order valence-corrected chi connectivity index (χ2v) is 7.67. The lowest BCUT2D eigenvalue weighted by Crippen LogP contribution is -2.33. The molecule has 1 aliphatic heterocycles. The Bertz CT molecular complexity index is 609. The van der Waals surface area contributed by atoms with Crippen molar-refractivity contribution in [2.24, 2.45) is 5.84 Å². The molecule has 4 N–H and O–H groups in total. The molecule has 0 unspecified atom stereocenters. The number of rotatable bonds is 7. The largest absolute Gasteiger partial charge is 0.310 e. The number of nitro groups is 1. The lowest BCUT2D eigenvalue weighted by Gasteiger charge is -2.14. The molecular formula is C10H17N5O4S2. The number of sulfonamides is 1. The Balaban J connectivity index is 2.03. The zero-order valence-corrected chi connectivity index (χ0v) is 12.9. The van der Waals surface area contributed by atoms with Gasteiger partial charge in [0.05, 0.1) is 4.92 Å². The summed E-state index contributed by atoms with van der Waals surface area (Å²) < 4.78 is 26.5. The van der Waals surface area contributed by atoms with E-state index in [9.17, 15) is 18.5 Å². The van der Waals surface area contributed by atoms with Crippen LogP contribution < -0.4 is 16.0 Å². The lowest BCUT2D eigenvalue weighted by molar-refractivity contribution is -0.383. The van der Waals surface area contributed by atoms with Crippen molar-refractivity contribution in [1.82, 2.24) is 9.62 Å². The summed E-state index contributed by atoms with van der Waals surface area (Å²) in [4.78, 5) is 12.3. The van der Waals surface area contributed by atoms with E-state index in [0.29, 0.717) is 6.54 Å². The van der Waals surface area contributed by atoms with Crippen LogP contribution in [0.25, 0.3) is 0 Å². The maximum absolute atomic E-state index is 12.1. The van der Waals surface area contributed by atoms with Crippen LogP contribution in [0.15, 0.2) is 10.3 Å². The summed E-state index contributed by atoms with van der Waals surface area (Å²) >= 11 is 0.736. The number of thiophene rings is 1. The van der Waals surface area contributed by atoms with Gasteiger partial charge < -0.3 is 10.3 Å². The second-order valence-electron chi connectivity index (χ2n) is 4.63. The van der Waals surface area contributed by atoms with E-state index in [1.807, 2.05) is 0 Å². The molecule has 0 atom stereocenters. The Hall–Kier alpha value is -1.27. The van der Waals surface area contributed by atoms with Gasteiger partial charge in [-0.15, -0.1) is 0 Å². The number of hydrogen-bond donors (Lipinski definition) is 3. The molecular weight excluding hydrogens is 318 g/mol. The topological polar surface area (TPSA) is 131 Å². The second kappa shape index (κ2) is 6.66. The molecule has 0 aromatic carbocycles. The maximum atomic E-state index is 12.1. The molecule has 1 aliphatic rings. The van der Waals surface area contributed by atoms with Gasteiger partial charge in [-0.2, -0.15) is 0 Å². The molecule has 1 aromatic rings. The summed E-state index contributed by atoms with van der Waals surface area (Å²) in [7, 11) is -3.76. The van der Waals surface area contributed by atoms with Crippen LogP contribution in [0.4, 0.5) is 10.7 Å². The standard InChI is InChI=1S/C10H17N5O4S2/c11-13-10-8(15(16)17)7-9(20-10)21(18,19)12-3-6-14-4-1-2-5-14/h7,12-13H,1-6,11H2. The molecule has 0 radical (unpaired) electrons. The van der Waals surface area contributed by atoms with Crippen LogP contribution in [0, 0.1) is 10.1 Å². The zero-order chi connectivity index (χ0) is 15.5. The fourth-order valence-corrected chi connectivity index (χ4v) is 4.45. The number of nitrogens with two attached hydrogens (primary N) is 1. The summed E-state index contributed by atoms with van der Waals surface area (Å²) in [5.74, 6) is 5.16. The van der Waals surface area contributed by atoms with Gasteiger partial charge in [-0.05, 0) is 25.9 Å². The SMILES string of the molecule is NNc1sc(S(=O)(=O)NCCN2CCCC2)cc1[N+](=O)[O-]. The third-order valence-corrected chi connectivity index (χ3v) is 6.19. The van der Waals surface area contributed by atoms with E-state index >= 15 is 0 Å². The van der Waals surface area contributed by atoms with E-state index in [1.165, 1.54) is 0 Å². The smallest absolute Gasteiger partial charge is 0.306 e. The predicted octanol–water partition coefficient (Wildman–Crippen LogP) is 0.316. The summed E-state index contributed by atoms with van der Waals surface area (Å²) in [5.41, 5.74) is 1.80. The minimum atomic E-state index is -3.76. The predicted molar refractivity (Wildman–Crippen MR) is 79.6 cm³/mol. The molecule has 0 bridgehead atoms. The summed E-state index contributed by atoms with van der Waals surface area (Å²) in [6.07, 6.45) is 2.27. The molecule has 0 amide bonds. The van der Waals surface area contributed by atoms with Crippen molar-refractivity contribution in [2.75, 3.05) is 31.6 Å². The Kier molecular flexibility index (Phi) is 5.11. The Morgan fingerprint density at radius 1 is 1.43 bits per heavy atom. The van der Waals surface area contributed by atoms with Gasteiger partial charge in [0.2, 0.25) is 10.0 Å². The van der Waals surface area contributed by atoms with Gasteiger partial charge in [-0.25, -0.2) is 19.0 Å². The molecule has 0 saturated carbocycles. The molecule has 21 heavy (non-hydrogen) atoms. The van der Waals surface area contributed by atoms with Crippen LogP contribution in [0.2, 0.25) is 0 Å². The van der Waals surface area contributed by atoms with E-state index < -0.39 is 14.9 Å². The van der Waals surface area contributed by atoms with Gasteiger partial charge in [0, 0.05) is 19.2 Å². The quantitative estimate of drug-likeness (QED) is 0.371. The van der Waals surface area contributed by atoms with Crippen LogP contribution in [0.1, 0.15) is 12.8 Å². The average molecular weight is 335 g/mol. The minimum absolute atomic E-state index is 0.0138. The molecule has 2 rings (SSSR count). The van der Waals surface area contributed by atoms with Crippen molar-refractivity contribution in [2.45, 2.75) is 17.1 Å². The first-order chi connectivity index (χ1) is 9.94. The molecule has 118 valence electrons. The molecule has 1 saturated heterocycles. The van der Waals surface area contributed by atoms with Crippen LogP contribution >= 0.6 is 11.3 Å². The highest BCUT2D eigenvalue weighted by Crippen LogP contribution is 2.36. The van der Waals surface area contributed by atoms with Crippen molar-refractivity contribution in [3.63, 3.8) is 0 Å². The first kappa shape index (κ1) is 16.1. The molecule has 0 spiro atoms. The van der Waals surface area contributed by atoms with Crippen LogP contribution in [0.3, 0.4) is 0 Å². The monoisotopic (exact) mass is 335 g/mol. The van der Waals surface area contributed by atoms with E-state index in [0.717, 1.165) is 43.3 Å². The minimum Gasteiger partial charge on any atom is -0.310 e. The van der Waals surface area contributed by atoms with E-state index in [1.54, 1.807) is 0 Å². The molecule has 1 fully saturated rings. The van der Waals surface area contributed by atoms with Gasteiger partial charge in [0.15, 0.2) is 5.00 Å². The number of nitrogen functional groups attached to an aromatic ring is 1. The van der Waals surface area contributed by atoms with Gasteiger partial charge in [0.1, 0.15) is 4.21 Å². The normalized spacial score (nSPS) is 16.2. The summed E-state index contributed by atoms with van der Waals surface area (Å²) in [5, 5.41) is 10.8. The Labute approximate surface area is 126 Å². The van der Waals surface area contributed by atoms with Crippen molar-refractivity contribution in [3.8, 4) is 0 Å². The number of nitrogens with one attached hydrogen (secondary N) is 2. The highest BCUT2D eigenvalue weighted by atomic mass is 32.2. The third kappa shape index (κ3) is 3.89. The third-order valence-electron chi connectivity index (χ3n) is 3.20. The fraction of sp³-hybridized carbons (Fsp3) is 0.600. The average Bonchev–Trinajstić information content (AvgIpc) is 3.07.